The van der Waals surface area contributed by atoms with E-state index in [2.05, 4.69) is 35.7 Å². The zero-order valence-corrected chi connectivity index (χ0v) is 16.0. The fourth-order valence-corrected chi connectivity index (χ4v) is 4.10. The molecule has 1 aromatic rings. The van der Waals surface area contributed by atoms with Crippen LogP contribution in [-0.2, 0) is 11.2 Å². The molecular weight excluding hydrogens is 328 g/mol. The molecule has 2 heterocycles. The van der Waals surface area contributed by atoms with E-state index in [4.69, 9.17) is 9.73 Å². The molecule has 2 rings (SSSR count). The van der Waals surface area contributed by atoms with Gasteiger partial charge in [-0.1, -0.05) is 0 Å². The number of aliphatic imine (C=N–C) groups is 1. The van der Waals surface area contributed by atoms with Crippen LogP contribution in [0, 0.1) is 6.92 Å². The minimum absolute atomic E-state index is 0.229. The van der Waals surface area contributed by atoms with E-state index in [-0.39, 0.29) is 4.75 Å². The summed E-state index contributed by atoms with van der Waals surface area (Å²) in [6.45, 7) is 8.46. The van der Waals surface area contributed by atoms with Crippen molar-refractivity contribution < 1.29 is 4.74 Å². The SMILES string of the molecule is CCNC(=NCC1(SC)CCOCC1)NCCc1ncc(C)s1. The lowest BCUT2D eigenvalue weighted by Crippen LogP contribution is -2.41. The second-order valence-electron chi connectivity index (χ2n) is 5.74. The summed E-state index contributed by atoms with van der Waals surface area (Å²) >= 11 is 3.69. The van der Waals surface area contributed by atoms with E-state index >= 15 is 0 Å². The number of guanidine groups is 1. The van der Waals surface area contributed by atoms with Gasteiger partial charge in [0.15, 0.2) is 5.96 Å². The molecule has 0 aliphatic carbocycles. The molecule has 7 heteroatoms. The topological polar surface area (TPSA) is 58.5 Å². The van der Waals surface area contributed by atoms with Crippen molar-refractivity contribution in [1.82, 2.24) is 15.6 Å². The summed E-state index contributed by atoms with van der Waals surface area (Å²) in [6, 6.07) is 0. The van der Waals surface area contributed by atoms with Crippen LogP contribution in [-0.4, -0.2) is 54.8 Å². The Hall–Kier alpha value is -0.790. The minimum Gasteiger partial charge on any atom is -0.381 e. The highest BCUT2D eigenvalue weighted by atomic mass is 32.2. The number of thioether (sulfide) groups is 1. The summed E-state index contributed by atoms with van der Waals surface area (Å²) in [5, 5.41) is 7.94. The van der Waals surface area contributed by atoms with Gasteiger partial charge in [-0.15, -0.1) is 11.3 Å². The van der Waals surface area contributed by atoms with Crippen LogP contribution in [0.1, 0.15) is 29.7 Å². The number of thiazole rings is 1. The molecule has 0 atom stereocenters. The number of aryl methyl sites for hydroxylation is 1. The Bertz CT molecular complexity index is 498. The highest BCUT2D eigenvalue weighted by Gasteiger charge is 2.31. The molecule has 0 aromatic carbocycles. The smallest absolute Gasteiger partial charge is 0.191 e. The third-order valence-corrected chi connectivity index (χ3v) is 6.38. The monoisotopic (exact) mass is 356 g/mol. The highest BCUT2D eigenvalue weighted by molar-refractivity contribution is 8.00. The van der Waals surface area contributed by atoms with Gasteiger partial charge in [-0.25, -0.2) is 4.98 Å². The van der Waals surface area contributed by atoms with Gasteiger partial charge >= 0.3 is 0 Å². The molecule has 5 nitrogen and oxygen atoms in total. The van der Waals surface area contributed by atoms with Crippen LogP contribution in [0.25, 0.3) is 0 Å². The van der Waals surface area contributed by atoms with Gasteiger partial charge in [-0.2, -0.15) is 11.8 Å². The predicted molar refractivity (Wildman–Crippen MR) is 101 cm³/mol. The molecule has 1 saturated heterocycles. The fourth-order valence-electron chi connectivity index (χ4n) is 2.54. The summed E-state index contributed by atoms with van der Waals surface area (Å²) < 4.78 is 5.73. The summed E-state index contributed by atoms with van der Waals surface area (Å²) in [4.78, 5) is 10.5. The summed E-state index contributed by atoms with van der Waals surface area (Å²) in [5.74, 6) is 0.903. The number of nitrogens with zero attached hydrogens (tertiary/aromatic N) is 2. The number of aromatic nitrogens is 1. The van der Waals surface area contributed by atoms with Crippen LogP contribution >= 0.6 is 23.1 Å². The van der Waals surface area contributed by atoms with Crippen LogP contribution in [0.15, 0.2) is 11.2 Å². The van der Waals surface area contributed by atoms with Crippen LogP contribution in [0.4, 0.5) is 0 Å². The third-order valence-electron chi connectivity index (χ3n) is 4.01. The quantitative estimate of drug-likeness (QED) is 0.580. The van der Waals surface area contributed by atoms with Crippen molar-refractivity contribution in [3.63, 3.8) is 0 Å². The van der Waals surface area contributed by atoms with Gasteiger partial charge in [0.05, 0.1) is 11.6 Å². The van der Waals surface area contributed by atoms with Gasteiger partial charge in [0.25, 0.3) is 0 Å². The van der Waals surface area contributed by atoms with Crippen molar-refractivity contribution in [3.05, 3.63) is 16.1 Å². The Kier molecular flexibility index (Phi) is 7.65. The van der Waals surface area contributed by atoms with Crippen molar-refractivity contribution in [2.75, 3.05) is 39.1 Å². The van der Waals surface area contributed by atoms with E-state index in [1.54, 1.807) is 11.3 Å². The van der Waals surface area contributed by atoms with Gasteiger partial charge in [-0.3, -0.25) is 4.99 Å². The first-order chi connectivity index (χ1) is 11.2. The number of hydrogen-bond donors (Lipinski definition) is 2. The van der Waals surface area contributed by atoms with Crippen molar-refractivity contribution in [2.45, 2.75) is 37.9 Å². The molecule has 0 amide bonds. The summed E-state index contributed by atoms with van der Waals surface area (Å²) in [5.41, 5.74) is 0. The van der Waals surface area contributed by atoms with Crippen molar-refractivity contribution in [1.29, 1.82) is 0 Å². The maximum Gasteiger partial charge on any atom is 0.191 e. The summed E-state index contributed by atoms with van der Waals surface area (Å²) in [6.07, 6.45) is 7.22. The van der Waals surface area contributed by atoms with Crippen molar-refractivity contribution >= 4 is 29.1 Å². The minimum atomic E-state index is 0.229. The first kappa shape index (κ1) is 18.5. The van der Waals surface area contributed by atoms with Gasteiger partial charge < -0.3 is 15.4 Å². The maximum atomic E-state index is 5.50. The second kappa shape index (κ2) is 9.49. The molecule has 0 bridgehead atoms. The van der Waals surface area contributed by atoms with Gasteiger partial charge in [-0.05, 0) is 32.9 Å². The van der Waals surface area contributed by atoms with E-state index < -0.39 is 0 Å². The number of rotatable bonds is 7. The lowest BCUT2D eigenvalue weighted by Gasteiger charge is -2.34. The van der Waals surface area contributed by atoms with Crippen LogP contribution in [0.3, 0.4) is 0 Å². The summed E-state index contributed by atoms with van der Waals surface area (Å²) in [7, 11) is 0. The molecular formula is C16H28N4OS2. The lowest BCUT2D eigenvalue weighted by atomic mass is 9.99. The Morgan fingerprint density at radius 3 is 2.83 bits per heavy atom. The standard InChI is InChI=1S/C16H28N4OS2/c1-4-17-15(18-8-5-14-19-11-13(2)23-14)20-12-16(22-3)6-9-21-10-7-16/h11H,4-10,12H2,1-3H3,(H2,17,18,20). The Labute approximate surface area is 147 Å². The molecule has 0 spiro atoms. The maximum absolute atomic E-state index is 5.50. The molecule has 1 aliphatic rings. The average Bonchev–Trinajstić information content (AvgIpc) is 2.99. The van der Waals surface area contributed by atoms with Crippen LogP contribution in [0.2, 0.25) is 0 Å². The molecule has 0 radical (unpaired) electrons. The Morgan fingerprint density at radius 2 is 2.22 bits per heavy atom. The van der Waals surface area contributed by atoms with E-state index in [0.717, 1.165) is 58.1 Å². The van der Waals surface area contributed by atoms with Gasteiger partial charge in [0.2, 0.25) is 0 Å². The first-order valence-corrected chi connectivity index (χ1v) is 10.3. The van der Waals surface area contributed by atoms with Gasteiger partial charge in [0.1, 0.15) is 0 Å². The molecule has 1 aliphatic heterocycles. The average molecular weight is 357 g/mol. The molecule has 130 valence electrons. The predicted octanol–water partition coefficient (Wildman–Crippen LogP) is 2.46. The van der Waals surface area contributed by atoms with Crippen molar-refractivity contribution in [3.8, 4) is 0 Å². The molecule has 1 aromatic heterocycles. The number of hydrogen-bond acceptors (Lipinski definition) is 5. The van der Waals surface area contributed by atoms with Crippen LogP contribution in [0.5, 0.6) is 0 Å². The number of ether oxygens (including phenoxy) is 1. The lowest BCUT2D eigenvalue weighted by molar-refractivity contribution is 0.0794. The highest BCUT2D eigenvalue weighted by Crippen LogP contribution is 2.33. The Morgan fingerprint density at radius 1 is 1.43 bits per heavy atom. The van der Waals surface area contributed by atoms with Gasteiger partial charge in [0, 0.05) is 48.5 Å². The molecule has 0 unspecified atom stereocenters. The van der Waals surface area contributed by atoms with Crippen molar-refractivity contribution in [2.24, 2.45) is 4.99 Å². The zero-order valence-electron chi connectivity index (χ0n) is 14.4. The Balaban J connectivity index is 1.85. The van der Waals surface area contributed by atoms with E-state index in [1.807, 2.05) is 18.0 Å². The fraction of sp³-hybridized carbons (Fsp3) is 0.750. The van der Waals surface area contributed by atoms with Crippen LogP contribution < -0.4 is 10.6 Å². The molecule has 0 saturated carbocycles. The third kappa shape index (κ3) is 5.97. The number of nitrogens with one attached hydrogen (secondary N) is 2. The second-order valence-corrected chi connectivity index (χ2v) is 8.33. The van der Waals surface area contributed by atoms with E-state index in [9.17, 15) is 0 Å². The first-order valence-electron chi connectivity index (χ1n) is 8.24. The van der Waals surface area contributed by atoms with E-state index in [1.165, 1.54) is 9.88 Å². The largest absolute Gasteiger partial charge is 0.381 e. The molecule has 1 fully saturated rings. The zero-order chi connectivity index (χ0) is 16.5. The molecule has 23 heavy (non-hydrogen) atoms. The molecule has 2 N–H and O–H groups in total. The normalized spacial score (nSPS) is 18.0. The van der Waals surface area contributed by atoms with E-state index in [0.29, 0.717) is 0 Å².